The Hall–Kier alpha value is -3.39. The molecule has 0 spiro atoms. The normalized spacial score (nSPS) is 21.3. The van der Waals surface area contributed by atoms with Crippen molar-refractivity contribution in [2.45, 2.75) is 57.4 Å². The average Bonchev–Trinajstić information content (AvgIpc) is 3.47. The van der Waals surface area contributed by atoms with Gasteiger partial charge in [0.15, 0.2) is 0 Å². The highest BCUT2D eigenvalue weighted by Crippen LogP contribution is 2.41. The molecule has 2 aromatic carbocycles. The van der Waals surface area contributed by atoms with Crippen LogP contribution in [-0.4, -0.2) is 60.5 Å². The summed E-state index contributed by atoms with van der Waals surface area (Å²) in [4.78, 5) is 35.9. The fourth-order valence-corrected chi connectivity index (χ4v) is 5.87. The first-order chi connectivity index (χ1) is 18.5. The third-order valence-electron chi connectivity index (χ3n) is 8.47. The third-order valence-corrected chi connectivity index (χ3v) is 8.47. The van der Waals surface area contributed by atoms with Gasteiger partial charge in [0.05, 0.1) is 30.5 Å². The zero-order valence-electron chi connectivity index (χ0n) is 22.5. The van der Waals surface area contributed by atoms with E-state index in [0.29, 0.717) is 6.42 Å². The monoisotopic (exact) mass is 517 g/mol. The number of carbonyl (C=O) groups excluding carboxylic acids is 2. The molecule has 2 amide bonds. The summed E-state index contributed by atoms with van der Waals surface area (Å²) in [5.74, 6) is 1.87. The Labute approximate surface area is 224 Å². The topological polar surface area (TPSA) is 99.4 Å². The molecular weight excluding hydrogens is 478 g/mol. The van der Waals surface area contributed by atoms with Crippen molar-refractivity contribution in [3.63, 3.8) is 0 Å². The van der Waals surface area contributed by atoms with Crippen LogP contribution in [0.2, 0.25) is 0 Å². The van der Waals surface area contributed by atoms with E-state index in [1.807, 2.05) is 18.3 Å². The molecule has 3 N–H and O–H groups in total. The number of amides is 2. The van der Waals surface area contributed by atoms with E-state index in [1.54, 1.807) is 14.2 Å². The molecule has 3 aromatic rings. The molecule has 3 aliphatic heterocycles. The van der Waals surface area contributed by atoms with Crippen LogP contribution in [0.15, 0.2) is 42.6 Å². The van der Waals surface area contributed by atoms with Crippen molar-refractivity contribution in [3.8, 4) is 17.0 Å². The summed E-state index contributed by atoms with van der Waals surface area (Å²) < 4.78 is 5.35. The van der Waals surface area contributed by atoms with Crippen LogP contribution in [0.1, 0.15) is 63.2 Å². The smallest absolute Gasteiger partial charge is 0.226 e. The highest BCUT2D eigenvalue weighted by Gasteiger charge is 2.45. The highest BCUT2D eigenvalue weighted by atomic mass is 16.5. The molecule has 0 radical (unpaired) electrons. The van der Waals surface area contributed by atoms with Crippen molar-refractivity contribution in [1.29, 1.82) is 0 Å². The second-order valence-electron chi connectivity index (χ2n) is 10.8. The lowest BCUT2D eigenvalue weighted by Crippen LogP contribution is -2.55. The first kappa shape index (κ1) is 26.2. The van der Waals surface area contributed by atoms with Crippen LogP contribution < -0.4 is 15.4 Å². The minimum Gasteiger partial charge on any atom is -0.497 e. The molecule has 0 unspecified atom stereocenters. The van der Waals surface area contributed by atoms with Gasteiger partial charge in [-0.2, -0.15) is 0 Å². The van der Waals surface area contributed by atoms with Crippen LogP contribution in [-0.2, 0) is 9.59 Å². The number of carbonyl (C=O) groups is 2. The molecule has 3 fully saturated rings. The van der Waals surface area contributed by atoms with Crippen LogP contribution in [0.3, 0.4) is 0 Å². The van der Waals surface area contributed by atoms with Crippen LogP contribution in [0, 0.1) is 5.41 Å². The Morgan fingerprint density at radius 2 is 1.79 bits per heavy atom. The van der Waals surface area contributed by atoms with E-state index in [1.165, 1.54) is 0 Å². The molecule has 202 valence electrons. The number of imidazole rings is 1. The van der Waals surface area contributed by atoms with Gasteiger partial charge in [0.1, 0.15) is 11.6 Å². The first-order valence-electron chi connectivity index (χ1n) is 13.9. The van der Waals surface area contributed by atoms with Crippen LogP contribution >= 0.6 is 0 Å². The maximum absolute atomic E-state index is 13.6. The van der Waals surface area contributed by atoms with Gasteiger partial charge >= 0.3 is 0 Å². The number of unbranched alkanes of at least 4 members (excludes halogenated alkanes) is 2. The van der Waals surface area contributed by atoms with E-state index in [4.69, 9.17) is 9.72 Å². The van der Waals surface area contributed by atoms with Crippen LogP contribution in [0.25, 0.3) is 22.0 Å². The fourth-order valence-electron chi connectivity index (χ4n) is 5.87. The summed E-state index contributed by atoms with van der Waals surface area (Å²) >= 11 is 0. The summed E-state index contributed by atoms with van der Waals surface area (Å²) in [6, 6.07) is 12.2. The number of nitrogens with one attached hydrogen (secondary N) is 3. The quantitative estimate of drug-likeness (QED) is 0.324. The lowest BCUT2D eigenvalue weighted by atomic mass is 9.71. The number of methoxy groups -OCH3 is 1. The first-order valence-corrected chi connectivity index (χ1v) is 13.9. The van der Waals surface area contributed by atoms with Crippen molar-refractivity contribution < 1.29 is 14.3 Å². The average molecular weight is 518 g/mol. The maximum Gasteiger partial charge on any atom is 0.226 e. The van der Waals surface area contributed by atoms with E-state index in [2.05, 4.69) is 44.8 Å². The van der Waals surface area contributed by atoms with Crippen molar-refractivity contribution in [3.05, 3.63) is 48.4 Å². The number of piperidine rings is 3. The number of aromatic amines is 1. The summed E-state index contributed by atoms with van der Waals surface area (Å²) in [6.07, 6.45) is 8.67. The number of rotatable bonds is 11. The van der Waals surface area contributed by atoms with Crippen molar-refractivity contribution in [2.24, 2.45) is 5.41 Å². The molecule has 8 nitrogen and oxygen atoms in total. The van der Waals surface area contributed by atoms with Gasteiger partial charge in [0.25, 0.3) is 0 Å². The Bertz CT molecular complexity index is 1260. The fraction of sp³-hybridized carbons (Fsp3) is 0.500. The van der Waals surface area contributed by atoms with Gasteiger partial charge < -0.3 is 25.3 Å². The lowest BCUT2D eigenvalue weighted by Gasteiger charge is -2.47. The molecule has 3 saturated heterocycles. The van der Waals surface area contributed by atoms with Crippen LogP contribution in [0.5, 0.6) is 5.75 Å². The number of ether oxygens (including phenoxy) is 1. The highest BCUT2D eigenvalue weighted by molar-refractivity contribution is 5.88. The molecule has 0 aliphatic carbocycles. The number of aromatic nitrogens is 2. The number of hydrogen-bond donors (Lipinski definition) is 3. The summed E-state index contributed by atoms with van der Waals surface area (Å²) in [5, 5.41) is 8.32. The Balaban J connectivity index is 1.32. The molecule has 0 saturated carbocycles. The van der Waals surface area contributed by atoms with Gasteiger partial charge in [0, 0.05) is 19.0 Å². The van der Waals surface area contributed by atoms with Crippen molar-refractivity contribution >= 4 is 22.6 Å². The Morgan fingerprint density at radius 1 is 1.05 bits per heavy atom. The Kier molecular flexibility index (Phi) is 7.98. The molecule has 4 heterocycles. The number of hydrogen-bond acceptors (Lipinski definition) is 5. The SMILES string of the molecule is CNC(=O)CCCCC[C@H](NC(=O)C12CCN(CC1)CC2)c1ncc(-c2ccc3cc(OC)ccc3c2)[nH]1. The summed E-state index contributed by atoms with van der Waals surface area (Å²) in [5.41, 5.74) is 1.73. The van der Waals surface area contributed by atoms with E-state index >= 15 is 0 Å². The van der Waals surface area contributed by atoms with Crippen molar-refractivity contribution in [2.75, 3.05) is 33.8 Å². The molecule has 8 heteroatoms. The molecule has 1 atom stereocenters. The minimum atomic E-state index is -0.249. The Morgan fingerprint density at radius 3 is 2.53 bits per heavy atom. The number of H-pyrrole nitrogens is 1. The molecule has 2 bridgehead atoms. The molecule has 38 heavy (non-hydrogen) atoms. The standard InChI is InChI=1S/C30H39N5O3/c1-31-27(36)7-5-3-4-6-25(34-29(37)30-12-15-35(16-13-30)17-14-30)28-32-20-26(33-28)23-9-8-22-19-24(38-2)11-10-21(22)18-23/h8-11,18-20,25H,3-7,12-17H2,1-2H3,(H,31,36)(H,32,33)(H,34,37)/t25-/m0/s1. The van der Waals surface area contributed by atoms with E-state index < -0.39 is 0 Å². The molecule has 6 rings (SSSR count). The van der Waals surface area contributed by atoms with Gasteiger partial charge in [-0.15, -0.1) is 0 Å². The summed E-state index contributed by atoms with van der Waals surface area (Å²) in [6.45, 7) is 3.03. The molecular formula is C30H39N5O3. The van der Waals surface area contributed by atoms with Crippen molar-refractivity contribution in [1.82, 2.24) is 25.5 Å². The van der Waals surface area contributed by atoms with E-state index in [9.17, 15) is 9.59 Å². The summed E-state index contributed by atoms with van der Waals surface area (Å²) in [7, 11) is 3.35. The molecule has 3 aliphatic rings. The number of fused-ring (bicyclic) bond motifs is 4. The number of nitrogens with zero attached hydrogens (tertiary/aromatic N) is 2. The van der Waals surface area contributed by atoms with Gasteiger partial charge in [-0.3, -0.25) is 9.59 Å². The van der Waals surface area contributed by atoms with E-state index in [0.717, 1.165) is 98.2 Å². The largest absolute Gasteiger partial charge is 0.497 e. The second-order valence-corrected chi connectivity index (χ2v) is 10.8. The predicted molar refractivity (Wildman–Crippen MR) is 149 cm³/mol. The maximum atomic E-state index is 13.6. The van der Waals surface area contributed by atoms with Gasteiger partial charge in [-0.05, 0) is 80.7 Å². The van der Waals surface area contributed by atoms with Gasteiger partial charge in [-0.25, -0.2) is 4.98 Å². The van der Waals surface area contributed by atoms with Gasteiger partial charge in [-0.1, -0.05) is 31.0 Å². The second kappa shape index (κ2) is 11.6. The predicted octanol–water partition coefficient (Wildman–Crippen LogP) is 4.58. The number of benzene rings is 2. The molecule has 1 aromatic heterocycles. The van der Waals surface area contributed by atoms with E-state index in [-0.39, 0.29) is 23.3 Å². The minimum absolute atomic E-state index is 0.0714. The van der Waals surface area contributed by atoms with Crippen LogP contribution in [0.4, 0.5) is 0 Å². The zero-order chi connectivity index (χ0) is 26.5. The zero-order valence-corrected chi connectivity index (χ0v) is 22.5. The lowest BCUT2D eigenvalue weighted by molar-refractivity contribution is -0.139. The third kappa shape index (κ3) is 5.70. The van der Waals surface area contributed by atoms with Gasteiger partial charge in [0.2, 0.25) is 11.8 Å².